The molecule has 0 spiro atoms. The van der Waals surface area contributed by atoms with Crippen LogP contribution in [0, 0.1) is 11.8 Å². The van der Waals surface area contributed by atoms with Crippen LogP contribution in [0.5, 0.6) is 0 Å². The van der Waals surface area contributed by atoms with Crippen LogP contribution in [0.15, 0.2) is 12.2 Å². The Morgan fingerprint density at radius 3 is 2.73 bits per heavy atom. The molecule has 3 atom stereocenters. The summed E-state index contributed by atoms with van der Waals surface area (Å²) in [5.74, 6) is -0.457. The van der Waals surface area contributed by atoms with Gasteiger partial charge in [-0.05, 0) is 37.5 Å². The minimum atomic E-state index is -0.751. The minimum Gasteiger partial charge on any atom is -0.481 e. The highest BCUT2D eigenvalue weighted by molar-refractivity contribution is 5.67. The Morgan fingerprint density at radius 1 is 1.40 bits per heavy atom. The van der Waals surface area contributed by atoms with Gasteiger partial charge in [0.1, 0.15) is 0 Å². The second-order valence-electron chi connectivity index (χ2n) is 4.28. The van der Waals surface area contributed by atoms with E-state index >= 15 is 0 Å². The summed E-state index contributed by atoms with van der Waals surface area (Å²) >= 11 is 0. The van der Waals surface area contributed by atoms with Crippen molar-refractivity contribution in [1.82, 2.24) is 0 Å². The number of rotatable bonds is 5. The van der Waals surface area contributed by atoms with E-state index in [1.807, 2.05) is 0 Å². The first-order valence-corrected chi connectivity index (χ1v) is 5.70. The molecule has 3 heteroatoms. The van der Waals surface area contributed by atoms with Crippen LogP contribution in [0.1, 0.15) is 39.0 Å². The summed E-state index contributed by atoms with van der Waals surface area (Å²) in [6.45, 7) is 2.07. The summed E-state index contributed by atoms with van der Waals surface area (Å²) in [5.41, 5.74) is 0. The average molecular weight is 212 g/mol. The van der Waals surface area contributed by atoms with Gasteiger partial charge in [-0.3, -0.25) is 4.79 Å². The lowest BCUT2D eigenvalue weighted by Crippen LogP contribution is -2.20. The van der Waals surface area contributed by atoms with Gasteiger partial charge in [0.05, 0.1) is 6.10 Å². The molecule has 0 aliphatic heterocycles. The summed E-state index contributed by atoms with van der Waals surface area (Å²) in [4.78, 5) is 10.6. The van der Waals surface area contributed by atoms with Gasteiger partial charge in [0.2, 0.25) is 0 Å². The summed E-state index contributed by atoms with van der Waals surface area (Å²) in [6, 6.07) is 0. The van der Waals surface area contributed by atoms with Crippen LogP contribution in [-0.4, -0.2) is 22.3 Å². The molecule has 86 valence electrons. The highest BCUT2D eigenvalue weighted by Crippen LogP contribution is 2.36. The van der Waals surface area contributed by atoms with Crippen molar-refractivity contribution in [2.24, 2.45) is 11.8 Å². The second-order valence-corrected chi connectivity index (χ2v) is 4.28. The number of carboxylic acid groups (broad SMARTS) is 1. The number of aliphatic hydroxyl groups excluding tert-OH is 1. The van der Waals surface area contributed by atoms with E-state index in [9.17, 15) is 9.90 Å². The van der Waals surface area contributed by atoms with Crippen LogP contribution in [0.25, 0.3) is 0 Å². The van der Waals surface area contributed by atoms with E-state index in [1.54, 1.807) is 0 Å². The first kappa shape index (κ1) is 12.2. The molecule has 2 N–H and O–H groups in total. The van der Waals surface area contributed by atoms with Gasteiger partial charge in [0.25, 0.3) is 0 Å². The fourth-order valence-corrected chi connectivity index (χ4v) is 2.37. The molecule has 0 aromatic carbocycles. The number of allylic oxidation sites excluding steroid dienone is 2. The van der Waals surface area contributed by atoms with Crippen LogP contribution >= 0.6 is 0 Å². The molecule has 15 heavy (non-hydrogen) atoms. The molecule has 1 aliphatic carbocycles. The minimum absolute atomic E-state index is 0.142. The summed E-state index contributed by atoms with van der Waals surface area (Å²) in [7, 11) is 0. The van der Waals surface area contributed by atoms with Crippen molar-refractivity contribution < 1.29 is 15.0 Å². The Hall–Kier alpha value is -0.830. The molecule has 3 nitrogen and oxygen atoms in total. The van der Waals surface area contributed by atoms with Crippen molar-refractivity contribution in [3.8, 4) is 0 Å². The third-order valence-corrected chi connectivity index (χ3v) is 3.18. The number of aliphatic carboxylic acids is 1. The molecular formula is C12H20O3. The highest BCUT2D eigenvalue weighted by Gasteiger charge is 2.34. The van der Waals surface area contributed by atoms with Gasteiger partial charge in [-0.15, -0.1) is 0 Å². The lowest BCUT2D eigenvalue weighted by atomic mass is 9.89. The maximum Gasteiger partial charge on any atom is 0.303 e. The first-order chi connectivity index (χ1) is 7.15. The number of aliphatic hydroxyl groups is 1. The molecule has 0 saturated heterocycles. The standard InChI is InChI=1S/C12H20O3/c1-2-3-4-5-10-9(8-12(14)15)6-7-11(10)13/h3-4,9-11,13H,2,5-8H2,1H3,(H,14,15)/b4-3+. The predicted octanol–water partition coefficient (Wildman–Crippen LogP) is 2.20. The van der Waals surface area contributed by atoms with Crippen molar-refractivity contribution in [2.75, 3.05) is 0 Å². The van der Waals surface area contributed by atoms with E-state index in [1.165, 1.54) is 0 Å². The fourth-order valence-electron chi connectivity index (χ4n) is 2.37. The molecule has 0 bridgehead atoms. The third-order valence-electron chi connectivity index (χ3n) is 3.18. The summed E-state index contributed by atoms with van der Waals surface area (Å²) in [6.07, 6.45) is 7.43. The summed E-state index contributed by atoms with van der Waals surface area (Å²) < 4.78 is 0. The second kappa shape index (κ2) is 5.91. The molecule has 0 aromatic heterocycles. The largest absolute Gasteiger partial charge is 0.481 e. The van der Waals surface area contributed by atoms with Crippen LogP contribution in [0.4, 0.5) is 0 Å². The number of carbonyl (C=O) groups is 1. The molecule has 1 rings (SSSR count). The van der Waals surface area contributed by atoms with Crippen LogP contribution in [-0.2, 0) is 4.79 Å². The van der Waals surface area contributed by atoms with Crippen molar-refractivity contribution in [3.63, 3.8) is 0 Å². The van der Waals surface area contributed by atoms with Gasteiger partial charge in [-0.25, -0.2) is 0 Å². The Kier molecular flexibility index (Phi) is 4.82. The van der Waals surface area contributed by atoms with Crippen LogP contribution < -0.4 is 0 Å². The van der Waals surface area contributed by atoms with E-state index in [0.29, 0.717) is 0 Å². The van der Waals surface area contributed by atoms with Gasteiger partial charge >= 0.3 is 5.97 Å². The molecule has 0 amide bonds. The molecule has 0 heterocycles. The molecule has 1 fully saturated rings. The topological polar surface area (TPSA) is 57.5 Å². The SMILES string of the molecule is CC/C=C/CC1C(O)CCC1CC(=O)O. The molecule has 0 radical (unpaired) electrons. The molecule has 3 unspecified atom stereocenters. The number of carboxylic acids is 1. The molecule has 0 aromatic rings. The van der Waals surface area contributed by atoms with E-state index < -0.39 is 5.97 Å². The number of hydrogen-bond acceptors (Lipinski definition) is 2. The highest BCUT2D eigenvalue weighted by atomic mass is 16.4. The van der Waals surface area contributed by atoms with Gasteiger partial charge in [-0.2, -0.15) is 0 Å². The molecular weight excluding hydrogens is 192 g/mol. The third kappa shape index (κ3) is 3.67. The van der Waals surface area contributed by atoms with Crippen molar-refractivity contribution in [1.29, 1.82) is 0 Å². The molecule has 1 aliphatic rings. The predicted molar refractivity (Wildman–Crippen MR) is 58.5 cm³/mol. The Bertz CT molecular complexity index is 235. The van der Waals surface area contributed by atoms with Crippen molar-refractivity contribution in [3.05, 3.63) is 12.2 Å². The maximum absolute atomic E-state index is 10.6. The van der Waals surface area contributed by atoms with Gasteiger partial charge < -0.3 is 10.2 Å². The zero-order valence-electron chi connectivity index (χ0n) is 9.22. The fraction of sp³-hybridized carbons (Fsp3) is 0.750. The van der Waals surface area contributed by atoms with Crippen LogP contribution in [0.3, 0.4) is 0 Å². The average Bonchev–Trinajstić information content (AvgIpc) is 2.49. The monoisotopic (exact) mass is 212 g/mol. The number of hydrogen-bond donors (Lipinski definition) is 2. The maximum atomic E-state index is 10.6. The van der Waals surface area contributed by atoms with E-state index in [-0.39, 0.29) is 24.4 Å². The Labute approximate surface area is 90.8 Å². The lowest BCUT2D eigenvalue weighted by Gasteiger charge is -2.18. The zero-order valence-corrected chi connectivity index (χ0v) is 9.22. The smallest absolute Gasteiger partial charge is 0.303 e. The lowest BCUT2D eigenvalue weighted by molar-refractivity contribution is -0.138. The van der Waals surface area contributed by atoms with Gasteiger partial charge in [-0.1, -0.05) is 19.1 Å². The zero-order chi connectivity index (χ0) is 11.3. The van der Waals surface area contributed by atoms with Crippen molar-refractivity contribution >= 4 is 5.97 Å². The van der Waals surface area contributed by atoms with E-state index in [2.05, 4.69) is 19.1 Å². The van der Waals surface area contributed by atoms with Gasteiger partial charge in [0, 0.05) is 6.42 Å². The summed E-state index contributed by atoms with van der Waals surface area (Å²) in [5, 5.41) is 18.5. The quantitative estimate of drug-likeness (QED) is 0.687. The van der Waals surface area contributed by atoms with E-state index in [0.717, 1.165) is 25.7 Å². The Morgan fingerprint density at radius 2 is 2.13 bits per heavy atom. The normalized spacial score (nSPS) is 31.2. The van der Waals surface area contributed by atoms with E-state index in [4.69, 9.17) is 5.11 Å². The first-order valence-electron chi connectivity index (χ1n) is 5.70. The van der Waals surface area contributed by atoms with Crippen molar-refractivity contribution in [2.45, 2.75) is 45.1 Å². The Balaban J connectivity index is 2.48. The van der Waals surface area contributed by atoms with Crippen LogP contribution in [0.2, 0.25) is 0 Å². The van der Waals surface area contributed by atoms with Gasteiger partial charge in [0.15, 0.2) is 0 Å². The molecule has 1 saturated carbocycles.